The Balaban J connectivity index is 1.26. The second-order valence-corrected chi connectivity index (χ2v) is 10.4. The van der Waals surface area contributed by atoms with Gasteiger partial charge in [0.1, 0.15) is 11.4 Å². The second kappa shape index (κ2) is 11.4. The standard InChI is InChI=1S/C25H38OS2/c1-3-4-5-6-7-8-9-10-11-12-13-14-15-18-25(2)21-16-19-27-23(21)24-22(26-25)17-20-28-24/h16-17,19-20H,3-15,18H2,1-2H3. The molecule has 2 aromatic heterocycles. The molecule has 1 aliphatic heterocycles. The van der Waals surface area contributed by atoms with Gasteiger partial charge >= 0.3 is 0 Å². The first kappa shape index (κ1) is 21.9. The van der Waals surface area contributed by atoms with Crippen molar-refractivity contribution in [3.8, 4) is 15.5 Å². The minimum absolute atomic E-state index is 0.138. The van der Waals surface area contributed by atoms with Crippen LogP contribution in [0.1, 0.15) is 109 Å². The van der Waals surface area contributed by atoms with Crippen LogP contribution in [-0.2, 0) is 5.60 Å². The van der Waals surface area contributed by atoms with Gasteiger partial charge in [0, 0.05) is 5.56 Å². The highest BCUT2D eigenvalue weighted by molar-refractivity contribution is 7.20. The van der Waals surface area contributed by atoms with Crippen molar-refractivity contribution in [1.82, 2.24) is 0 Å². The van der Waals surface area contributed by atoms with E-state index in [1.54, 1.807) is 11.3 Å². The number of thiophene rings is 2. The summed E-state index contributed by atoms with van der Waals surface area (Å²) < 4.78 is 6.47. The zero-order valence-electron chi connectivity index (χ0n) is 17.9. The third kappa shape index (κ3) is 5.86. The summed E-state index contributed by atoms with van der Waals surface area (Å²) >= 11 is 3.67. The fourth-order valence-corrected chi connectivity index (χ4v) is 6.43. The average Bonchev–Trinajstić information content (AvgIpc) is 3.35. The fourth-order valence-electron chi connectivity index (χ4n) is 4.41. The molecule has 1 nitrogen and oxygen atoms in total. The van der Waals surface area contributed by atoms with Gasteiger partial charge in [-0.1, -0.05) is 84.0 Å². The molecule has 3 heterocycles. The average molecular weight is 419 g/mol. The quantitative estimate of drug-likeness (QED) is 0.277. The van der Waals surface area contributed by atoms with Crippen LogP contribution in [0.25, 0.3) is 9.75 Å². The molecule has 0 fully saturated rings. The Morgan fingerprint density at radius 2 is 1.25 bits per heavy atom. The number of unbranched alkanes of at least 4 members (excludes halogenated alkanes) is 12. The van der Waals surface area contributed by atoms with Crippen LogP contribution in [0.2, 0.25) is 0 Å². The van der Waals surface area contributed by atoms with Crippen molar-refractivity contribution in [1.29, 1.82) is 0 Å². The van der Waals surface area contributed by atoms with Crippen molar-refractivity contribution in [2.45, 2.75) is 109 Å². The highest BCUT2D eigenvalue weighted by atomic mass is 32.1. The van der Waals surface area contributed by atoms with Gasteiger partial charge in [-0.15, -0.1) is 22.7 Å². The Hall–Kier alpha value is -0.800. The molecule has 0 amide bonds. The van der Waals surface area contributed by atoms with E-state index >= 15 is 0 Å². The van der Waals surface area contributed by atoms with Crippen LogP contribution in [0.4, 0.5) is 0 Å². The normalized spacial score (nSPS) is 17.9. The maximum Gasteiger partial charge on any atom is 0.140 e. The van der Waals surface area contributed by atoms with E-state index in [0.717, 1.165) is 12.2 Å². The summed E-state index contributed by atoms with van der Waals surface area (Å²) in [5.41, 5.74) is 1.27. The summed E-state index contributed by atoms with van der Waals surface area (Å²) in [6.07, 6.45) is 19.4. The van der Waals surface area contributed by atoms with Crippen LogP contribution >= 0.6 is 22.7 Å². The van der Waals surface area contributed by atoms with Gasteiger partial charge in [-0.3, -0.25) is 0 Å². The van der Waals surface area contributed by atoms with Gasteiger partial charge in [0.2, 0.25) is 0 Å². The van der Waals surface area contributed by atoms with E-state index in [1.807, 2.05) is 11.3 Å². The molecule has 0 aromatic carbocycles. The molecule has 0 N–H and O–H groups in total. The molecule has 0 bridgehead atoms. The minimum atomic E-state index is -0.138. The molecule has 3 heteroatoms. The molecule has 0 saturated carbocycles. The van der Waals surface area contributed by atoms with E-state index in [4.69, 9.17) is 4.74 Å². The van der Waals surface area contributed by atoms with Crippen molar-refractivity contribution in [3.63, 3.8) is 0 Å². The monoisotopic (exact) mass is 418 g/mol. The Kier molecular flexibility index (Phi) is 8.92. The topological polar surface area (TPSA) is 9.23 Å². The van der Waals surface area contributed by atoms with E-state index < -0.39 is 0 Å². The molecule has 1 aliphatic rings. The lowest BCUT2D eigenvalue weighted by atomic mass is 9.88. The lowest BCUT2D eigenvalue weighted by Crippen LogP contribution is -2.31. The number of hydrogen-bond donors (Lipinski definition) is 0. The summed E-state index contributed by atoms with van der Waals surface area (Å²) in [6, 6.07) is 4.43. The molecule has 0 saturated heterocycles. The summed E-state index contributed by atoms with van der Waals surface area (Å²) in [6.45, 7) is 4.58. The molecule has 156 valence electrons. The van der Waals surface area contributed by atoms with Gasteiger partial charge in [-0.2, -0.15) is 0 Å². The van der Waals surface area contributed by atoms with Gasteiger partial charge in [-0.05, 0) is 42.7 Å². The fraction of sp³-hybridized carbons (Fsp3) is 0.680. The first-order chi connectivity index (χ1) is 13.7. The summed E-state index contributed by atoms with van der Waals surface area (Å²) in [7, 11) is 0. The maximum absolute atomic E-state index is 6.47. The third-order valence-corrected chi connectivity index (χ3v) is 8.14. The number of ether oxygens (including phenoxy) is 1. The summed E-state index contributed by atoms with van der Waals surface area (Å²) in [5, 5.41) is 4.38. The molecular weight excluding hydrogens is 380 g/mol. The van der Waals surface area contributed by atoms with Crippen molar-refractivity contribution >= 4 is 22.7 Å². The van der Waals surface area contributed by atoms with Crippen LogP contribution in [0, 0.1) is 0 Å². The highest BCUT2D eigenvalue weighted by Crippen LogP contribution is 2.51. The Bertz CT molecular complexity index is 686. The van der Waals surface area contributed by atoms with Crippen molar-refractivity contribution in [3.05, 3.63) is 28.5 Å². The molecule has 0 radical (unpaired) electrons. The van der Waals surface area contributed by atoms with E-state index in [-0.39, 0.29) is 5.60 Å². The van der Waals surface area contributed by atoms with Crippen molar-refractivity contribution < 1.29 is 4.74 Å². The zero-order valence-corrected chi connectivity index (χ0v) is 19.6. The lowest BCUT2D eigenvalue weighted by Gasteiger charge is -2.35. The molecule has 1 atom stereocenters. The predicted molar refractivity (Wildman–Crippen MR) is 126 cm³/mol. The van der Waals surface area contributed by atoms with E-state index in [9.17, 15) is 0 Å². The largest absolute Gasteiger partial charge is 0.481 e. The van der Waals surface area contributed by atoms with E-state index in [0.29, 0.717) is 0 Å². The molecule has 2 aromatic rings. The Morgan fingerprint density at radius 3 is 1.89 bits per heavy atom. The molecular formula is C25H38OS2. The smallest absolute Gasteiger partial charge is 0.140 e. The van der Waals surface area contributed by atoms with Gasteiger partial charge in [-0.25, -0.2) is 0 Å². The minimum Gasteiger partial charge on any atom is -0.481 e. The number of fused-ring (bicyclic) bond motifs is 3. The molecule has 28 heavy (non-hydrogen) atoms. The number of rotatable bonds is 14. The lowest BCUT2D eigenvalue weighted by molar-refractivity contribution is 0.0722. The first-order valence-electron chi connectivity index (χ1n) is 11.6. The van der Waals surface area contributed by atoms with E-state index in [2.05, 4.69) is 36.7 Å². The summed E-state index contributed by atoms with van der Waals surface area (Å²) in [4.78, 5) is 2.77. The molecule has 0 spiro atoms. The third-order valence-electron chi connectivity index (χ3n) is 6.16. The van der Waals surface area contributed by atoms with E-state index in [1.165, 1.54) is 98.8 Å². The van der Waals surface area contributed by atoms with Crippen LogP contribution in [0.5, 0.6) is 5.75 Å². The van der Waals surface area contributed by atoms with Gasteiger partial charge in [0.05, 0.1) is 9.75 Å². The van der Waals surface area contributed by atoms with Crippen LogP contribution in [0.15, 0.2) is 22.9 Å². The van der Waals surface area contributed by atoms with Gasteiger partial charge in [0.15, 0.2) is 0 Å². The van der Waals surface area contributed by atoms with Crippen molar-refractivity contribution in [2.75, 3.05) is 0 Å². The maximum atomic E-state index is 6.47. The predicted octanol–water partition coefficient (Wildman–Crippen LogP) is 9.57. The molecule has 1 unspecified atom stereocenters. The first-order valence-corrected chi connectivity index (χ1v) is 13.4. The highest BCUT2D eigenvalue weighted by Gasteiger charge is 2.37. The van der Waals surface area contributed by atoms with Crippen LogP contribution in [0.3, 0.4) is 0 Å². The number of hydrogen-bond acceptors (Lipinski definition) is 3. The van der Waals surface area contributed by atoms with Crippen LogP contribution in [-0.4, -0.2) is 0 Å². The Labute approximate surface area is 180 Å². The molecule has 0 aliphatic carbocycles. The zero-order chi connectivity index (χ0) is 19.7. The van der Waals surface area contributed by atoms with Gasteiger partial charge in [0.25, 0.3) is 0 Å². The SMILES string of the molecule is CCCCCCCCCCCCCCCC1(C)Oc2ccsc2-c2sccc21. The summed E-state index contributed by atoms with van der Waals surface area (Å²) in [5.74, 6) is 1.09. The van der Waals surface area contributed by atoms with Crippen LogP contribution < -0.4 is 4.74 Å². The van der Waals surface area contributed by atoms with Crippen molar-refractivity contribution in [2.24, 2.45) is 0 Å². The molecule has 3 rings (SSSR count). The van der Waals surface area contributed by atoms with Gasteiger partial charge < -0.3 is 4.74 Å². The second-order valence-electron chi connectivity index (χ2n) is 8.60. The Morgan fingerprint density at radius 1 is 0.714 bits per heavy atom.